The monoisotopic (exact) mass is 513 g/mol. The van der Waals surface area contributed by atoms with Crippen LogP contribution < -0.4 is 10.9 Å². The van der Waals surface area contributed by atoms with Crippen molar-refractivity contribution in [1.29, 1.82) is 0 Å². The first-order valence-corrected chi connectivity index (χ1v) is 11.0. The maximum Gasteiger partial charge on any atom is 0.317 e. The second kappa shape index (κ2) is 9.66. The molecule has 0 unspecified atom stereocenters. The van der Waals surface area contributed by atoms with Crippen molar-refractivity contribution in [3.05, 3.63) is 67.0 Å². The van der Waals surface area contributed by atoms with E-state index in [1.165, 1.54) is 0 Å². The van der Waals surface area contributed by atoms with Crippen molar-refractivity contribution in [1.82, 2.24) is 9.97 Å². The van der Waals surface area contributed by atoms with E-state index in [9.17, 15) is 19.2 Å². The number of hydrogen-bond donors (Lipinski definition) is 2. The number of aromatic amines is 1. The maximum absolute atomic E-state index is 13.0. The SMILES string of the molecule is COC(=O)[C@@H](Cc1nc2cc(C)c(C)cc2[nH]c1=O)C(=O)C(=O)Nc1c(C)cc(Br)cc1C. The number of esters is 1. The molecular formula is C24H24BrN3O5. The highest BCUT2D eigenvalue weighted by Gasteiger charge is 2.34. The van der Waals surface area contributed by atoms with Gasteiger partial charge in [-0.1, -0.05) is 15.9 Å². The third-order valence-electron chi connectivity index (χ3n) is 5.54. The third-order valence-corrected chi connectivity index (χ3v) is 6.00. The molecule has 9 heteroatoms. The number of nitrogens with zero attached hydrogens (tertiary/aromatic N) is 1. The number of carbonyl (C=O) groups excluding carboxylic acids is 3. The van der Waals surface area contributed by atoms with Gasteiger partial charge in [-0.2, -0.15) is 0 Å². The molecule has 3 rings (SSSR count). The quantitative estimate of drug-likeness (QED) is 0.296. The van der Waals surface area contributed by atoms with Crippen LogP contribution in [0.25, 0.3) is 11.0 Å². The summed E-state index contributed by atoms with van der Waals surface area (Å²) in [6.07, 6.45) is -0.366. The van der Waals surface area contributed by atoms with Crippen molar-refractivity contribution in [2.24, 2.45) is 5.92 Å². The lowest BCUT2D eigenvalue weighted by Crippen LogP contribution is -2.37. The summed E-state index contributed by atoms with van der Waals surface area (Å²) in [6.45, 7) is 7.41. The number of aryl methyl sites for hydroxylation is 4. The number of fused-ring (bicyclic) bond motifs is 1. The molecule has 0 saturated heterocycles. The number of carbonyl (C=O) groups is 3. The number of anilines is 1. The number of Topliss-reactive ketones (excluding diaryl/α,β-unsaturated/α-hetero) is 1. The molecule has 0 saturated carbocycles. The highest BCUT2D eigenvalue weighted by atomic mass is 79.9. The second-order valence-corrected chi connectivity index (χ2v) is 8.89. The topological polar surface area (TPSA) is 118 Å². The zero-order valence-corrected chi connectivity index (χ0v) is 20.5. The molecule has 0 spiro atoms. The number of hydrogen-bond acceptors (Lipinski definition) is 6. The van der Waals surface area contributed by atoms with Crippen molar-refractivity contribution >= 4 is 50.3 Å². The van der Waals surface area contributed by atoms with Crippen LogP contribution in [-0.4, -0.2) is 34.7 Å². The van der Waals surface area contributed by atoms with Gasteiger partial charge in [0.2, 0.25) is 5.78 Å². The molecule has 0 bridgehead atoms. The number of aromatic nitrogens is 2. The number of nitrogens with one attached hydrogen (secondary N) is 2. The van der Waals surface area contributed by atoms with Crippen LogP contribution in [0.15, 0.2) is 33.5 Å². The Morgan fingerprint density at radius 3 is 2.24 bits per heavy atom. The molecule has 0 aliphatic carbocycles. The number of benzene rings is 2. The molecule has 0 aliphatic heterocycles. The van der Waals surface area contributed by atoms with E-state index in [1.807, 2.05) is 26.0 Å². The number of halogens is 1. The Morgan fingerprint density at radius 2 is 1.64 bits per heavy atom. The van der Waals surface area contributed by atoms with Gasteiger partial charge in [-0.15, -0.1) is 0 Å². The predicted molar refractivity (Wildman–Crippen MR) is 128 cm³/mol. The van der Waals surface area contributed by atoms with Crippen molar-refractivity contribution in [3.8, 4) is 0 Å². The molecular weight excluding hydrogens is 490 g/mol. The van der Waals surface area contributed by atoms with E-state index in [-0.39, 0.29) is 12.1 Å². The Balaban J connectivity index is 1.93. The summed E-state index contributed by atoms with van der Waals surface area (Å²) in [6, 6.07) is 7.22. The molecule has 2 aromatic carbocycles. The molecule has 0 radical (unpaired) electrons. The van der Waals surface area contributed by atoms with Gasteiger partial charge in [-0.25, -0.2) is 4.98 Å². The minimum absolute atomic E-state index is 0.0293. The summed E-state index contributed by atoms with van der Waals surface area (Å²) in [4.78, 5) is 57.8. The number of amides is 1. The third kappa shape index (κ3) is 5.19. The van der Waals surface area contributed by atoms with Gasteiger partial charge in [0, 0.05) is 16.6 Å². The summed E-state index contributed by atoms with van der Waals surface area (Å²) in [5.41, 5.74) is 4.45. The highest BCUT2D eigenvalue weighted by Crippen LogP contribution is 2.25. The lowest BCUT2D eigenvalue weighted by atomic mass is 9.97. The Bertz CT molecular complexity index is 1320. The molecule has 0 aliphatic rings. The lowest BCUT2D eigenvalue weighted by Gasteiger charge is -2.15. The van der Waals surface area contributed by atoms with Crippen LogP contribution >= 0.6 is 15.9 Å². The van der Waals surface area contributed by atoms with Gasteiger partial charge < -0.3 is 15.0 Å². The van der Waals surface area contributed by atoms with Gasteiger partial charge in [0.15, 0.2) is 0 Å². The van der Waals surface area contributed by atoms with Gasteiger partial charge in [-0.05, 0) is 74.2 Å². The Morgan fingerprint density at radius 1 is 1.03 bits per heavy atom. The smallest absolute Gasteiger partial charge is 0.317 e. The summed E-state index contributed by atoms with van der Waals surface area (Å²) < 4.78 is 5.58. The van der Waals surface area contributed by atoms with Gasteiger partial charge in [-0.3, -0.25) is 19.2 Å². The van der Waals surface area contributed by atoms with Crippen LogP contribution in [0.5, 0.6) is 0 Å². The highest BCUT2D eigenvalue weighted by molar-refractivity contribution is 9.10. The van der Waals surface area contributed by atoms with Gasteiger partial charge in [0.05, 0.1) is 18.1 Å². The van der Waals surface area contributed by atoms with E-state index in [2.05, 4.69) is 31.2 Å². The number of ether oxygens (including phenoxy) is 1. The fraction of sp³-hybridized carbons (Fsp3) is 0.292. The molecule has 1 atom stereocenters. The van der Waals surface area contributed by atoms with E-state index < -0.39 is 29.1 Å². The number of H-pyrrole nitrogens is 1. The molecule has 0 fully saturated rings. The molecule has 172 valence electrons. The summed E-state index contributed by atoms with van der Waals surface area (Å²) in [5.74, 6) is -4.41. The van der Waals surface area contributed by atoms with E-state index in [0.29, 0.717) is 16.7 Å². The van der Waals surface area contributed by atoms with Crippen molar-refractivity contribution in [2.75, 3.05) is 12.4 Å². The second-order valence-electron chi connectivity index (χ2n) is 7.98. The number of rotatable bonds is 6. The van der Waals surface area contributed by atoms with E-state index in [4.69, 9.17) is 4.74 Å². The Hall–Kier alpha value is -3.33. The minimum atomic E-state index is -1.51. The summed E-state index contributed by atoms with van der Waals surface area (Å²) >= 11 is 3.38. The van der Waals surface area contributed by atoms with Crippen molar-refractivity contribution < 1.29 is 19.1 Å². The largest absolute Gasteiger partial charge is 0.468 e. The molecule has 1 aromatic heterocycles. The van der Waals surface area contributed by atoms with E-state index in [1.54, 1.807) is 26.0 Å². The molecule has 33 heavy (non-hydrogen) atoms. The molecule has 2 N–H and O–H groups in total. The zero-order valence-electron chi connectivity index (χ0n) is 19.0. The van der Waals surface area contributed by atoms with Crippen LogP contribution in [0.3, 0.4) is 0 Å². The molecule has 3 aromatic rings. The standard InChI is InChI=1S/C24H24BrN3O5/c1-11-8-17-18(9-12(11)2)27-22(30)19(26-17)10-16(24(32)33-5)21(29)23(31)28-20-13(3)6-15(25)7-14(20)4/h6-9,16H,10H2,1-5H3,(H,27,30)(H,28,31)/t16-/m0/s1. The predicted octanol–water partition coefficient (Wildman–Crippen LogP) is 3.46. The van der Waals surface area contributed by atoms with Crippen LogP contribution in [0.4, 0.5) is 5.69 Å². The molecule has 1 amide bonds. The van der Waals surface area contributed by atoms with Crippen LogP contribution in [0, 0.1) is 33.6 Å². The number of ketones is 1. The summed E-state index contributed by atoms with van der Waals surface area (Å²) in [5, 5.41) is 2.59. The Kier molecular flexibility index (Phi) is 7.12. The minimum Gasteiger partial charge on any atom is -0.468 e. The average molecular weight is 514 g/mol. The summed E-state index contributed by atoms with van der Waals surface area (Å²) in [7, 11) is 1.12. The van der Waals surface area contributed by atoms with E-state index in [0.717, 1.165) is 33.8 Å². The van der Waals surface area contributed by atoms with Crippen molar-refractivity contribution in [2.45, 2.75) is 34.1 Å². The first-order valence-electron chi connectivity index (χ1n) is 10.2. The van der Waals surface area contributed by atoms with Crippen LogP contribution in [0.1, 0.15) is 27.9 Å². The fourth-order valence-corrected chi connectivity index (χ4v) is 4.27. The average Bonchev–Trinajstić information content (AvgIpc) is 2.75. The van der Waals surface area contributed by atoms with Crippen LogP contribution in [0.2, 0.25) is 0 Å². The van der Waals surface area contributed by atoms with Gasteiger partial charge in [0.25, 0.3) is 11.5 Å². The maximum atomic E-state index is 13.0. The Labute approximate surface area is 198 Å². The fourth-order valence-electron chi connectivity index (χ4n) is 3.58. The lowest BCUT2D eigenvalue weighted by molar-refractivity contribution is -0.152. The van der Waals surface area contributed by atoms with Gasteiger partial charge in [0.1, 0.15) is 11.6 Å². The normalized spacial score (nSPS) is 11.8. The van der Waals surface area contributed by atoms with Crippen LogP contribution in [-0.2, 0) is 25.5 Å². The first kappa shape index (κ1) is 24.3. The first-order chi connectivity index (χ1) is 15.5. The van der Waals surface area contributed by atoms with Gasteiger partial charge >= 0.3 is 5.97 Å². The molecule has 8 nitrogen and oxygen atoms in total. The van der Waals surface area contributed by atoms with E-state index >= 15 is 0 Å². The van der Waals surface area contributed by atoms with Crippen molar-refractivity contribution in [3.63, 3.8) is 0 Å². The number of methoxy groups -OCH3 is 1. The molecule has 1 heterocycles. The zero-order chi connectivity index (χ0) is 24.4.